The predicted octanol–water partition coefficient (Wildman–Crippen LogP) is 1.24. The Morgan fingerprint density at radius 1 is 1.18 bits per heavy atom. The summed E-state index contributed by atoms with van der Waals surface area (Å²) in [6.07, 6.45) is 1.14. The molecule has 1 aliphatic rings. The maximum atomic E-state index is 5.40. The van der Waals surface area contributed by atoms with Gasteiger partial charge in [0.15, 0.2) is 0 Å². The van der Waals surface area contributed by atoms with E-state index in [1.165, 1.54) is 25.2 Å². The third-order valence-electron chi connectivity index (χ3n) is 2.83. The van der Waals surface area contributed by atoms with E-state index in [4.69, 9.17) is 5.73 Å². The van der Waals surface area contributed by atoms with Crippen molar-refractivity contribution in [3.8, 4) is 0 Å². The Labute approximate surface area is 105 Å². The summed E-state index contributed by atoms with van der Waals surface area (Å²) in [7, 11) is 0. The van der Waals surface area contributed by atoms with Crippen molar-refractivity contribution in [3.63, 3.8) is 0 Å². The minimum Gasteiger partial charge on any atom is -0.330 e. The molecule has 0 atom stereocenters. The molecule has 1 aromatic carbocycles. The first-order valence-corrected chi connectivity index (χ1v) is 6.47. The van der Waals surface area contributed by atoms with Gasteiger partial charge in [-0.1, -0.05) is 35.9 Å². The molecule has 0 aromatic heterocycles. The van der Waals surface area contributed by atoms with Crippen LogP contribution < -0.4 is 11.1 Å². The summed E-state index contributed by atoms with van der Waals surface area (Å²) in [5.41, 5.74) is 6.73. The molecule has 0 amide bonds. The second-order valence-corrected chi connectivity index (χ2v) is 4.39. The minimum atomic E-state index is 0.823. The van der Waals surface area contributed by atoms with Gasteiger partial charge in [-0.25, -0.2) is 0 Å². The van der Waals surface area contributed by atoms with Gasteiger partial charge in [-0.05, 0) is 26.4 Å². The molecule has 1 fully saturated rings. The van der Waals surface area contributed by atoms with Crippen LogP contribution in [0.5, 0.6) is 0 Å². The number of hydrogen-bond donors (Lipinski definition) is 2. The number of nitrogens with two attached hydrogens (primary N) is 1. The van der Waals surface area contributed by atoms with Gasteiger partial charge < -0.3 is 16.0 Å². The van der Waals surface area contributed by atoms with Crippen LogP contribution in [-0.2, 0) is 0 Å². The van der Waals surface area contributed by atoms with Gasteiger partial charge in [0, 0.05) is 26.2 Å². The van der Waals surface area contributed by atoms with Gasteiger partial charge in [0.1, 0.15) is 0 Å². The first-order chi connectivity index (χ1) is 8.33. The molecule has 17 heavy (non-hydrogen) atoms. The molecular formula is C14H25N3. The molecule has 1 aliphatic heterocycles. The molecule has 3 heteroatoms. The van der Waals surface area contributed by atoms with E-state index in [-0.39, 0.29) is 0 Å². The molecule has 3 nitrogen and oxygen atoms in total. The van der Waals surface area contributed by atoms with Gasteiger partial charge in [-0.3, -0.25) is 0 Å². The summed E-state index contributed by atoms with van der Waals surface area (Å²) in [6.45, 7) is 8.76. The van der Waals surface area contributed by atoms with Gasteiger partial charge in [-0.15, -0.1) is 0 Å². The van der Waals surface area contributed by atoms with Crippen molar-refractivity contribution < 1.29 is 0 Å². The molecule has 0 aliphatic carbocycles. The van der Waals surface area contributed by atoms with Crippen LogP contribution in [-0.4, -0.2) is 44.2 Å². The summed E-state index contributed by atoms with van der Waals surface area (Å²) in [6, 6.07) is 10.3. The second-order valence-electron chi connectivity index (χ2n) is 4.39. The lowest BCUT2D eigenvalue weighted by Crippen LogP contribution is -2.44. The molecule has 96 valence electrons. The van der Waals surface area contributed by atoms with Crippen LogP contribution in [0.25, 0.3) is 0 Å². The number of nitrogens with one attached hydrogen (secondary N) is 1. The molecule has 0 saturated carbocycles. The van der Waals surface area contributed by atoms with Crippen molar-refractivity contribution in [2.24, 2.45) is 5.73 Å². The van der Waals surface area contributed by atoms with Crippen LogP contribution in [0.2, 0.25) is 0 Å². The lowest BCUT2D eigenvalue weighted by molar-refractivity contribution is 0.240. The Morgan fingerprint density at radius 2 is 1.82 bits per heavy atom. The largest absolute Gasteiger partial charge is 0.330 e. The third kappa shape index (κ3) is 7.10. The Bertz CT molecular complexity index is 268. The Hall–Kier alpha value is -0.900. The van der Waals surface area contributed by atoms with Crippen LogP contribution in [0.4, 0.5) is 0 Å². The molecule has 0 radical (unpaired) electrons. The zero-order chi connectivity index (χ0) is 12.3. The minimum absolute atomic E-state index is 0.823. The molecule has 3 N–H and O–H groups in total. The van der Waals surface area contributed by atoms with E-state index in [0.717, 1.165) is 26.1 Å². The summed E-state index contributed by atoms with van der Waals surface area (Å²) in [5, 5.41) is 3.32. The fourth-order valence-electron chi connectivity index (χ4n) is 1.78. The van der Waals surface area contributed by atoms with E-state index in [0.29, 0.717) is 0 Å². The number of rotatable bonds is 3. The number of hydrogen-bond acceptors (Lipinski definition) is 3. The van der Waals surface area contributed by atoms with Crippen LogP contribution in [0.1, 0.15) is 12.0 Å². The average Bonchev–Trinajstić information content (AvgIpc) is 2.39. The van der Waals surface area contributed by atoms with E-state index in [9.17, 15) is 0 Å². The van der Waals surface area contributed by atoms with Crippen molar-refractivity contribution in [1.82, 2.24) is 10.2 Å². The standard InChI is InChI=1S/C7H17N3.C7H8/c8-2-1-5-10-6-3-9-4-7-10;1-7-5-3-2-4-6-7/h9H,1-8H2;2-6H,1H3. The summed E-state index contributed by atoms with van der Waals surface area (Å²) in [5.74, 6) is 0. The SMILES string of the molecule is Cc1ccccc1.NCCCN1CCNCC1. The highest BCUT2D eigenvalue weighted by atomic mass is 15.2. The summed E-state index contributed by atoms with van der Waals surface area (Å²) in [4.78, 5) is 2.46. The van der Waals surface area contributed by atoms with E-state index in [1.807, 2.05) is 18.2 Å². The Balaban J connectivity index is 0.000000181. The lowest BCUT2D eigenvalue weighted by atomic mass is 10.2. The normalized spacial score (nSPS) is 16.1. The van der Waals surface area contributed by atoms with Gasteiger partial charge in [0.05, 0.1) is 0 Å². The first-order valence-electron chi connectivity index (χ1n) is 6.47. The van der Waals surface area contributed by atoms with Crippen LogP contribution in [0.15, 0.2) is 30.3 Å². The molecule has 0 unspecified atom stereocenters. The van der Waals surface area contributed by atoms with Gasteiger partial charge in [-0.2, -0.15) is 0 Å². The highest BCUT2D eigenvalue weighted by Gasteiger charge is 2.06. The van der Waals surface area contributed by atoms with E-state index in [2.05, 4.69) is 29.3 Å². The molecular weight excluding hydrogens is 210 g/mol. The summed E-state index contributed by atoms with van der Waals surface area (Å²) >= 11 is 0. The fraction of sp³-hybridized carbons (Fsp3) is 0.571. The lowest BCUT2D eigenvalue weighted by Gasteiger charge is -2.26. The van der Waals surface area contributed by atoms with E-state index >= 15 is 0 Å². The average molecular weight is 235 g/mol. The number of nitrogens with zero attached hydrogens (tertiary/aromatic N) is 1. The van der Waals surface area contributed by atoms with Gasteiger partial charge in [0.2, 0.25) is 0 Å². The summed E-state index contributed by atoms with van der Waals surface area (Å²) < 4.78 is 0. The molecule has 0 spiro atoms. The molecule has 1 heterocycles. The van der Waals surface area contributed by atoms with Crippen LogP contribution in [0, 0.1) is 6.92 Å². The van der Waals surface area contributed by atoms with Crippen molar-refractivity contribution in [2.45, 2.75) is 13.3 Å². The smallest absolute Gasteiger partial charge is 0.0107 e. The molecule has 1 saturated heterocycles. The zero-order valence-corrected chi connectivity index (χ0v) is 10.9. The molecule has 2 rings (SSSR count). The Morgan fingerprint density at radius 3 is 2.29 bits per heavy atom. The highest BCUT2D eigenvalue weighted by Crippen LogP contribution is 1.92. The second kappa shape index (κ2) is 9.16. The quantitative estimate of drug-likeness (QED) is 0.828. The monoisotopic (exact) mass is 235 g/mol. The number of aryl methyl sites for hydroxylation is 1. The van der Waals surface area contributed by atoms with Crippen LogP contribution in [0.3, 0.4) is 0 Å². The maximum absolute atomic E-state index is 5.40. The van der Waals surface area contributed by atoms with Gasteiger partial charge >= 0.3 is 0 Å². The molecule has 1 aromatic rings. The topological polar surface area (TPSA) is 41.3 Å². The van der Waals surface area contributed by atoms with Crippen molar-refractivity contribution in [2.75, 3.05) is 39.3 Å². The number of benzene rings is 1. The van der Waals surface area contributed by atoms with Gasteiger partial charge in [0.25, 0.3) is 0 Å². The highest BCUT2D eigenvalue weighted by molar-refractivity contribution is 5.11. The zero-order valence-electron chi connectivity index (χ0n) is 10.9. The number of piperazine rings is 1. The fourth-order valence-corrected chi connectivity index (χ4v) is 1.78. The first kappa shape index (κ1) is 14.2. The van der Waals surface area contributed by atoms with Crippen LogP contribution >= 0.6 is 0 Å². The third-order valence-corrected chi connectivity index (χ3v) is 2.83. The van der Waals surface area contributed by atoms with Crippen molar-refractivity contribution in [3.05, 3.63) is 35.9 Å². The Kier molecular flexibility index (Phi) is 7.63. The van der Waals surface area contributed by atoms with E-state index < -0.39 is 0 Å². The van der Waals surface area contributed by atoms with Crippen molar-refractivity contribution >= 4 is 0 Å². The van der Waals surface area contributed by atoms with Crippen molar-refractivity contribution in [1.29, 1.82) is 0 Å². The molecule has 0 bridgehead atoms. The maximum Gasteiger partial charge on any atom is 0.0107 e. The predicted molar refractivity (Wildman–Crippen MR) is 74.2 cm³/mol. The van der Waals surface area contributed by atoms with E-state index in [1.54, 1.807) is 0 Å².